The van der Waals surface area contributed by atoms with Crippen molar-refractivity contribution in [2.75, 3.05) is 5.32 Å². The van der Waals surface area contributed by atoms with Crippen LogP contribution in [0.4, 0.5) is 5.13 Å². The van der Waals surface area contributed by atoms with Gasteiger partial charge in [-0.1, -0.05) is 31.2 Å². The summed E-state index contributed by atoms with van der Waals surface area (Å²) in [4.78, 5) is 23.5. The first-order valence-electron chi connectivity index (χ1n) is 8.82. The molecule has 0 fully saturated rings. The molecule has 3 heterocycles. The number of nitrogens with zero attached hydrogens (tertiary/aromatic N) is 3. The zero-order chi connectivity index (χ0) is 19.0. The molecule has 1 N–H and O–H groups in total. The number of thiazole rings is 2. The van der Waals surface area contributed by atoms with Gasteiger partial charge in [0.15, 0.2) is 10.1 Å². The number of carbonyl (C=O) groups excluding carboxylic acids is 1. The minimum atomic E-state index is -0.0639. The van der Waals surface area contributed by atoms with Crippen LogP contribution in [-0.4, -0.2) is 20.3 Å². The molecule has 0 aliphatic rings. The fourth-order valence-corrected chi connectivity index (χ4v) is 4.56. The summed E-state index contributed by atoms with van der Waals surface area (Å²) in [5.41, 5.74) is 5.22. The standard InChI is InChI=1S/C20H20N4OS2/c1-4-14-5-7-15(8-6-14)17-10-24-16(11-26-20(24)22-17)9-18(25)23-19-21-12(2)13(3)27-19/h5-8,10-11H,4,9H2,1-3H3,(H,21,23,25). The average Bonchev–Trinajstić information content (AvgIpc) is 3.31. The molecule has 0 radical (unpaired) electrons. The van der Waals surface area contributed by atoms with Crippen LogP contribution in [0.25, 0.3) is 16.2 Å². The second kappa shape index (κ2) is 7.25. The average molecular weight is 397 g/mol. The van der Waals surface area contributed by atoms with Crippen molar-refractivity contribution in [3.8, 4) is 11.3 Å². The number of amides is 1. The molecule has 0 bridgehead atoms. The van der Waals surface area contributed by atoms with Crippen molar-refractivity contribution in [3.63, 3.8) is 0 Å². The maximum atomic E-state index is 12.4. The smallest absolute Gasteiger partial charge is 0.232 e. The highest BCUT2D eigenvalue weighted by molar-refractivity contribution is 7.16. The van der Waals surface area contributed by atoms with E-state index in [4.69, 9.17) is 4.98 Å². The first-order chi connectivity index (χ1) is 13.0. The Morgan fingerprint density at radius 1 is 1.19 bits per heavy atom. The Morgan fingerprint density at radius 2 is 1.96 bits per heavy atom. The summed E-state index contributed by atoms with van der Waals surface area (Å²) in [6, 6.07) is 8.47. The first kappa shape index (κ1) is 17.9. The van der Waals surface area contributed by atoms with E-state index in [9.17, 15) is 4.79 Å². The third-order valence-electron chi connectivity index (χ3n) is 4.56. The fourth-order valence-electron chi connectivity index (χ4n) is 2.86. The minimum absolute atomic E-state index is 0.0639. The summed E-state index contributed by atoms with van der Waals surface area (Å²) >= 11 is 3.05. The van der Waals surface area contributed by atoms with E-state index in [0.717, 1.165) is 38.9 Å². The van der Waals surface area contributed by atoms with Crippen LogP contribution < -0.4 is 5.32 Å². The predicted molar refractivity (Wildman–Crippen MR) is 112 cm³/mol. The first-order valence-corrected chi connectivity index (χ1v) is 10.5. The lowest BCUT2D eigenvalue weighted by atomic mass is 10.1. The highest BCUT2D eigenvalue weighted by Crippen LogP contribution is 2.25. The predicted octanol–water partition coefficient (Wildman–Crippen LogP) is 4.88. The molecule has 0 unspecified atom stereocenters. The number of hydrogen-bond donors (Lipinski definition) is 1. The Balaban J connectivity index is 1.53. The second-order valence-electron chi connectivity index (χ2n) is 6.44. The Hall–Kier alpha value is -2.51. The molecule has 0 spiro atoms. The summed E-state index contributed by atoms with van der Waals surface area (Å²) in [7, 11) is 0. The highest BCUT2D eigenvalue weighted by Gasteiger charge is 2.14. The molecule has 1 aromatic carbocycles. The van der Waals surface area contributed by atoms with Gasteiger partial charge in [0.05, 0.1) is 17.8 Å². The van der Waals surface area contributed by atoms with E-state index in [1.165, 1.54) is 16.9 Å². The van der Waals surface area contributed by atoms with E-state index in [-0.39, 0.29) is 5.91 Å². The van der Waals surface area contributed by atoms with Gasteiger partial charge in [-0.2, -0.15) is 0 Å². The molecule has 4 aromatic rings. The monoisotopic (exact) mass is 396 g/mol. The molecule has 7 heteroatoms. The van der Waals surface area contributed by atoms with Gasteiger partial charge in [0.2, 0.25) is 5.91 Å². The number of rotatable bonds is 5. The Bertz CT molecular complexity index is 1090. The SMILES string of the molecule is CCc1ccc(-c2cn3c(CC(=O)Nc4nc(C)c(C)s4)csc3n2)cc1. The minimum Gasteiger partial charge on any atom is -0.302 e. The Kier molecular flexibility index (Phi) is 4.80. The molecule has 1 amide bonds. The normalized spacial score (nSPS) is 11.2. The Labute approximate surface area is 165 Å². The van der Waals surface area contributed by atoms with Crippen molar-refractivity contribution in [2.45, 2.75) is 33.6 Å². The summed E-state index contributed by atoms with van der Waals surface area (Å²) < 4.78 is 2.01. The number of carbonyl (C=O) groups is 1. The molecule has 0 saturated heterocycles. The maximum absolute atomic E-state index is 12.4. The van der Waals surface area contributed by atoms with Gasteiger partial charge in [0.25, 0.3) is 0 Å². The molecular formula is C20H20N4OS2. The van der Waals surface area contributed by atoms with Crippen LogP contribution in [0.1, 0.15) is 28.8 Å². The van der Waals surface area contributed by atoms with Crippen LogP contribution in [0, 0.1) is 13.8 Å². The molecule has 27 heavy (non-hydrogen) atoms. The number of benzene rings is 1. The van der Waals surface area contributed by atoms with E-state index >= 15 is 0 Å². The maximum Gasteiger partial charge on any atom is 0.232 e. The molecule has 138 valence electrons. The number of hydrogen-bond acceptors (Lipinski definition) is 5. The number of nitrogens with one attached hydrogen (secondary N) is 1. The molecular weight excluding hydrogens is 376 g/mol. The van der Waals surface area contributed by atoms with Crippen LogP contribution >= 0.6 is 22.7 Å². The summed E-state index contributed by atoms with van der Waals surface area (Å²) in [5.74, 6) is -0.0639. The largest absolute Gasteiger partial charge is 0.302 e. The molecule has 0 atom stereocenters. The van der Waals surface area contributed by atoms with Gasteiger partial charge in [0.1, 0.15) is 0 Å². The lowest BCUT2D eigenvalue weighted by Crippen LogP contribution is -2.15. The molecule has 0 aliphatic carbocycles. The van der Waals surface area contributed by atoms with E-state index < -0.39 is 0 Å². The van der Waals surface area contributed by atoms with Crippen LogP contribution in [0.2, 0.25) is 0 Å². The van der Waals surface area contributed by atoms with Crippen LogP contribution in [-0.2, 0) is 17.6 Å². The van der Waals surface area contributed by atoms with Crippen molar-refractivity contribution in [2.24, 2.45) is 0 Å². The van der Waals surface area contributed by atoms with Crippen molar-refractivity contribution in [3.05, 3.63) is 57.7 Å². The van der Waals surface area contributed by atoms with Gasteiger partial charge >= 0.3 is 0 Å². The Morgan fingerprint density at radius 3 is 2.63 bits per heavy atom. The molecule has 5 nitrogen and oxygen atoms in total. The topological polar surface area (TPSA) is 59.3 Å². The highest BCUT2D eigenvalue weighted by atomic mass is 32.1. The van der Waals surface area contributed by atoms with Crippen molar-refractivity contribution in [1.82, 2.24) is 14.4 Å². The quantitative estimate of drug-likeness (QED) is 0.523. The summed E-state index contributed by atoms with van der Waals surface area (Å²) in [6.07, 6.45) is 3.32. The molecule has 3 aromatic heterocycles. The lowest BCUT2D eigenvalue weighted by molar-refractivity contribution is -0.115. The number of fused-ring (bicyclic) bond motifs is 1. The zero-order valence-corrected chi connectivity index (χ0v) is 17.1. The number of imidazole rings is 1. The van der Waals surface area contributed by atoms with Crippen molar-refractivity contribution < 1.29 is 4.79 Å². The number of anilines is 1. The lowest BCUT2D eigenvalue weighted by Gasteiger charge is -2.01. The summed E-state index contributed by atoms with van der Waals surface area (Å²) in [5, 5.41) is 5.54. The van der Waals surface area contributed by atoms with Gasteiger partial charge in [-0.05, 0) is 25.8 Å². The van der Waals surface area contributed by atoms with Gasteiger partial charge < -0.3 is 5.32 Å². The van der Waals surface area contributed by atoms with Crippen LogP contribution in [0.3, 0.4) is 0 Å². The third kappa shape index (κ3) is 3.65. The van der Waals surface area contributed by atoms with Gasteiger partial charge in [-0.3, -0.25) is 9.20 Å². The fraction of sp³-hybridized carbons (Fsp3) is 0.250. The van der Waals surface area contributed by atoms with E-state index in [1.54, 1.807) is 11.3 Å². The van der Waals surface area contributed by atoms with E-state index in [0.29, 0.717) is 11.6 Å². The van der Waals surface area contributed by atoms with Crippen LogP contribution in [0.5, 0.6) is 0 Å². The van der Waals surface area contributed by atoms with Crippen molar-refractivity contribution >= 4 is 38.7 Å². The second-order valence-corrected chi connectivity index (χ2v) is 8.48. The zero-order valence-electron chi connectivity index (χ0n) is 15.4. The number of aromatic nitrogens is 3. The van der Waals surface area contributed by atoms with E-state index in [1.807, 2.05) is 29.8 Å². The third-order valence-corrected chi connectivity index (χ3v) is 6.43. The van der Waals surface area contributed by atoms with Crippen LogP contribution in [0.15, 0.2) is 35.8 Å². The van der Waals surface area contributed by atoms with Gasteiger partial charge in [-0.25, -0.2) is 9.97 Å². The molecule has 4 rings (SSSR count). The number of aryl methyl sites for hydroxylation is 3. The summed E-state index contributed by atoms with van der Waals surface area (Å²) in [6.45, 7) is 6.10. The van der Waals surface area contributed by atoms with Crippen molar-refractivity contribution in [1.29, 1.82) is 0 Å². The van der Waals surface area contributed by atoms with Gasteiger partial charge in [0, 0.05) is 27.7 Å². The van der Waals surface area contributed by atoms with Gasteiger partial charge in [-0.15, -0.1) is 22.7 Å². The molecule has 0 saturated carbocycles. The van der Waals surface area contributed by atoms with E-state index in [2.05, 4.69) is 41.5 Å². The molecule has 0 aliphatic heterocycles.